The number of hydrogen-bond donors (Lipinski definition) is 1. The Labute approximate surface area is 129 Å². The molecule has 0 unspecified atom stereocenters. The monoisotopic (exact) mass is 296 g/mol. The van der Waals surface area contributed by atoms with Gasteiger partial charge < -0.3 is 4.52 Å². The molecule has 0 spiro atoms. The zero-order valence-electron chi connectivity index (χ0n) is 12.7. The normalized spacial score (nSPS) is 16.7. The predicted octanol–water partition coefficient (Wildman–Crippen LogP) is 3.68. The van der Waals surface area contributed by atoms with Crippen molar-refractivity contribution in [3.8, 4) is 0 Å². The van der Waals surface area contributed by atoms with Crippen molar-refractivity contribution >= 4 is 11.8 Å². The number of hydrogen-bond acceptors (Lipinski definition) is 3. The number of amides is 1. The molecule has 0 saturated heterocycles. The topological polar surface area (TPSA) is 55.1 Å². The van der Waals surface area contributed by atoms with Crippen LogP contribution >= 0.6 is 0 Å². The molecule has 0 atom stereocenters. The SMILES string of the molecule is O=C(Nc1onc2c1CCCC2)c1ccc2c(c1)CCCC2. The lowest BCUT2D eigenvalue weighted by Crippen LogP contribution is -2.15. The smallest absolute Gasteiger partial charge is 0.258 e. The highest BCUT2D eigenvalue weighted by Crippen LogP contribution is 2.28. The van der Waals surface area contributed by atoms with Crippen LogP contribution in [0, 0.1) is 0 Å². The molecule has 1 N–H and O–H groups in total. The number of fused-ring (bicyclic) bond motifs is 2. The van der Waals surface area contributed by atoms with Crippen molar-refractivity contribution in [2.24, 2.45) is 0 Å². The summed E-state index contributed by atoms with van der Waals surface area (Å²) in [6.45, 7) is 0. The molecule has 4 rings (SSSR count). The Hall–Kier alpha value is -2.10. The van der Waals surface area contributed by atoms with Crippen molar-refractivity contribution < 1.29 is 9.32 Å². The maximum atomic E-state index is 12.5. The van der Waals surface area contributed by atoms with Crippen LogP contribution in [0.15, 0.2) is 22.7 Å². The van der Waals surface area contributed by atoms with Gasteiger partial charge in [-0.25, -0.2) is 0 Å². The third-order valence-electron chi connectivity index (χ3n) is 4.80. The van der Waals surface area contributed by atoms with Gasteiger partial charge in [-0.1, -0.05) is 11.2 Å². The lowest BCUT2D eigenvalue weighted by Gasteiger charge is -2.16. The zero-order chi connectivity index (χ0) is 14.9. The first-order chi connectivity index (χ1) is 10.8. The molecule has 2 aliphatic carbocycles. The quantitative estimate of drug-likeness (QED) is 0.919. The maximum absolute atomic E-state index is 12.5. The van der Waals surface area contributed by atoms with E-state index < -0.39 is 0 Å². The van der Waals surface area contributed by atoms with Crippen LogP contribution in [-0.2, 0) is 25.7 Å². The molecule has 0 bridgehead atoms. The maximum Gasteiger partial charge on any atom is 0.258 e. The average Bonchev–Trinajstić information content (AvgIpc) is 2.97. The van der Waals surface area contributed by atoms with Gasteiger partial charge in [0, 0.05) is 11.1 Å². The minimum absolute atomic E-state index is 0.0992. The summed E-state index contributed by atoms with van der Waals surface area (Å²) in [6, 6.07) is 6.05. The molecule has 1 aromatic carbocycles. The molecule has 2 aliphatic rings. The van der Waals surface area contributed by atoms with Gasteiger partial charge >= 0.3 is 0 Å². The summed E-state index contributed by atoms with van der Waals surface area (Å²) < 4.78 is 5.34. The number of rotatable bonds is 2. The van der Waals surface area contributed by atoms with Crippen LogP contribution in [0.25, 0.3) is 0 Å². The van der Waals surface area contributed by atoms with Crippen molar-refractivity contribution in [2.75, 3.05) is 5.32 Å². The van der Waals surface area contributed by atoms with E-state index in [-0.39, 0.29) is 5.91 Å². The molecular formula is C18H20N2O2. The number of carbonyl (C=O) groups is 1. The van der Waals surface area contributed by atoms with Crippen molar-refractivity contribution in [1.29, 1.82) is 0 Å². The molecule has 1 aromatic heterocycles. The van der Waals surface area contributed by atoms with E-state index in [1.54, 1.807) is 0 Å². The Kier molecular flexibility index (Phi) is 3.45. The second kappa shape index (κ2) is 5.59. The van der Waals surface area contributed by atoms with Crippen LogP contribution in [0.2, 0.25) is 0 Å². The number of aromatic nitrogens is 1. The van der Waals surface area contributed by atoms with Gasteiger partial charge in [-0.3, -0.25) is 10.1 Å². The fraction of sp³-hybridized carbons (Fsp3) is 0.444. The number of anilines is 1. The standard InChI is InChI=1S/C18H20N2O2/c21-17(14-10-9-12-5-1-2-6-13(12)11-14)19-18-15-7-3-4-8-16(15)20-22-18/h9-11H,1-8H2,(H,19,21). The summed E-state index contributed by atoms with van der Waals surface area (Å²) in [6.07, 6.45) is 8.86. The van der Waals surface area contributed by atoms with Crippen molar-refractivity contribution in [1.82, 2.24) is 5.16 Å². The van der Waals surface area contributed by atoms with E-state index in [1.165, 1.54) is 24.0 Å². The van der Waals surface area contributed by atoms with E-state index in [0.29, 0.717) is 11.4 Å². The lowest BCUT2D eigenvalue weighted by atomic mass is 9.90. The first kappa shape index (κ1) is 13.6. The summed E-state index contributed by atoms with van der Waals surface area (Å²) in [5, 5.41) is 6.99. The van der Waals surface area contributed by atoms with Crippen LogP contribution in [-0.4, -0.2) is 11.1 Å². The summed E-state index contributed by atoms with van der Waals surface area (Å²) in [7, 11) is 0. The van der Waals surface area contributed by atoms with E-state index in [1.807, 2.05) is 12.1 Å². The number of carbonyl (C=O) groups excluding carboxylic acids is 1. The van der Waals surface area contributed by atoms with Crippen LogP contribution in [0.3, 0.4) is 0 Å². The second-order valence-corrected chi connectivity index (χ2v) is 6.29. The van der Waals surface area contributed by atoms with Crippen molar-refractivity contribution in [2.45, 2.75) is 51.4 Å². The van der Waals surface area contributed by atoms with Gasteiger partial charge in [0.15, 0.2) is 0 Å². The summed E-state index contributed by atoms with van der Waals surface area (Å²) in [5.74, 6) is 0.440. The van der Waals surface area contributed by atoms with Gasteiger partial charge in [0.1, 0.15) is 0 Å². The van der Waals surface area contributed by atoms with Gasteiger partial charge in [-0.15, -0.1) is 0 Å². The molecule has 4 heteroatoms. The van der Waals surface area contributed by atoms with Crippen molar-refractivity contribution in [3.05, 3.63) is 46.1 Å². The highest BCUT2D eigenvalue weighted by molar-refractivity contribution is 6.04. The first-order valence-electron chi connectivity index (χ1n) is 8.22. The van der Waals surface area contributed by atoms with Crippen LogP contribution in [0.5, 0.6) is 0 Å². The van der Waals surface area contributed by atoms with Gasteiger partial charge in [0.2, 0.25) is 5.88 Å². The molecule has 0 aliphatic heterocycles. The predicted molar refractivity (Wildman–Crippen MR) is 84.2 cm³/mol. The fourth-order valence-electron chi connectivity index (χ4n) is 3.54. The largest absolute Gasteiger partial charge is 0.338 e. The Morgan fingerprint density at radius 1 is 1.00 bits per heavy atom. The number of benzene rings is 1. The molecule has 2 aromatic rings. The molecule has 0 saturated carbocycles. The summed E-state index contributed by atoms with van der Waals surface area (Å²) in [4.78, 5) is 12.5. The Morgan fingerprint density at radius 2 is 1.77 bits per heavy atom. The Balaban J connectivity index is 1.56. The van der Waals surface area contributed by atoms with Gasteiger partial charge in [-0.05, 0) is 74.6 Å². The van der Waals surface area contributed by atoms with E-state index >= 15 is 0 Å². The van der Waals surface area contributed by atoms with Crippen LogP contribution in [0.4, 0.5) is 5.88 Å². The van der Waals surface area contributed by atoms with E-state index in [2.05, 4.69) is 16.5 Å². The third kappa shape index (κ3) is 2.43. The van der Waals surface area contributed by atoms with Gasteiger partial charge in [0.25, 0.3) is 5.91 Å². The van der Waals surface area contributed by atoms with E-state index in [9.17, 15) is 4.79 Å². The Morgan fingerprint density at radius 3 is 2.68 bits per heavy atom. The lowest BCUT2D eigenvalue weighted by molar-refractivity contribution is 0.102. The van der Waals surface area contributed by atoms with Crippen LogP contribution < -0.4 is 5.32 Å². The van der Waals surface area contributed by atoms with Crippen molar-refractivity contribution in [3.63, 3.8) is 0 Å². The second-order valence-electron chi connectivity index (χ2n) is 6.29. The summed E-state index contributed by atoms with van der Waals surface area (Å²) in [5.41, 5.74) is 5.50. The minimum atomic E-state index is -0.0992. The molecule has 1 amide bonds. The molecular weight excluding hydrogens is 276 g/mol. The zero-order valence-corrected chi connectivity index (χ0v) is 12.7. The Bertz CT molecular complexity index is 718. The molecule has 22 heavy (non-hydrogen) atoms. The molecule has 0 radical (unpaired) electrons. The summed E-state index contributed by atoms with van der Waals surface area (Å²) >= 11 is 0. The average molecular weight is 296 g/mol. The van der Waals surface area contributed by atoms with Gasteiger partial charge in [0.05, 0.1) is 5.69 Å². The minimum Gasteiger partial charge on any atom is -0.338 e. The molecule has 4 nitrogen and oxygen atoms in total. The fourth-order valence-corrected chi connectivity index (χ4v) is 3.54. The number of aryl methyl sites for hydroxylation is 3. The number of nitrogens with zero attached hydrogens (tertiary/aromatic N) is 1. The highest BCUT2D eigenvalue weighted by Gasteiger charge is 2.21. The highest BCUT2D eigenvalue weighted by atomic mass is 16.5. The first-order valence-corrected chi connectivity index (χ1v) is 8.22. The molecule has 0 fully saturated rings. The number of nitrogens with one attached hydrogen (secondary N) is 1. The third-order valence-corrected chi connectivity index (χ3v) is 4.80. The van der Waals surface area contributed by atoms with Crippen LogP contribution in [0.1, 0.15) is 58.4 Å². The van der Waals surface area contributed by atoms with E-state index in [0.717, 1.165) is 49.8 Å². The van der Waals surface area contributed by atoms with E-state index in [4.69, 9.17) is 4.52 Å². The molecule has 114 valence electrons. The van der Waals surface area contributed by atoms with Gasteiger partial charge in [-0.2, -0.15) is 0 Å². The molecule has 1 heterocycles.